The molecule has 1 aliphatic heterocycles. The van der Waals surface area contributed by atoms with Crippen molar-refractivity contribution < 1.29 is 18.8 Å². The zero-order valence-electron chi connectivity index (χ0n) is 19.8. The predicted molar refractivity (Wildman–Crippen MR) is 133 cm³/mol. The van der Waals surface area contributed by atoms with Gasteiger partial charge in [0.05, 0.1) is 11.2 Å². The van der Waals surface area contributed by atoms with E-state index in [4.69, 9.17) is 18.8 Å². The maximum absolute atomic E-state index is 6.22. The monoisotopic (exact) mass is 442 g/mol. The minimum Gasteiger partial charge on any atom is -0.489 e. The molecule has 1 saturated heterocycles. The van der Waals surface area contributed by atoms with Crippen molar-refractivity contribution in [2.75, 3.05) is 0 Å². The summed E-state index contributed by atoms with van der Waals surface area (Å²) in [6.45, 7) is 13.4. The number of ether oxygens (including phenoxy) is 2. The Kier molecular flexibility index (Phi) is 6.64. The molecule has 0 amide bonds. The molecule has 1 fully saturated rings. The van der Waals surface area contributed by atoms with E-state index in [1.165, 1.54) is 0 Å². The highest BCUT2D eigenvalue weighted by Gasteiger charge is 2.52. The van der Waals surface area contributed by atoms with Gasteiger partial charge in [-0.15, -0.1) is 0 Å². The van der Waals surface area contributed by atoms with Crippen LogP contribution in [0.25, 0.3) is 5.47 Å². The van der Waals surface area contributed by atoms with Gasteiger partial charge in [0.25, 0.3) is 0 Å². The third-order valence-electron chi connectivity index (χ3n) is 6.29. The highest BCUT2D eigenvalue weighted by Crippen LogP contribution is 2.41. The predicted octanol–water partition coefficient (Wildman–Crippen LogP) is 6.49. The molecule has 0 aromatic heterocycles. The molecule has 0 bridgehead atoms. The Morgan fingerprint density at radius 2 is 1.15 bits per heavy atom. The molecular weight excluding hydrogens is 411 g/mol. The van der Waals surface area contributed by atoms with Crippen LogP contribution in [0.15, 0.2) is 85.4 Å². The van der Waals surface area contributed by atoms with Gasteiger partial charge in [0.15, 0.2) is 0 Å². The zero-order chi connectivity index (χ0) is 23.5. The van der Waals surface area contributed by atoms with Crippen molar-refractivity contribution in [3.05, 3.63) is 102 Å². The molecule has 0 spiro atoms. The van der Waals surface area contributed by atoms with E-state index >= 15 is 0 Å². The lowest BCUT2D eigenvalue weighted by Crippen LogP contribution is -2.41. The van der Waals surface area contributed by atoms with Crippen molar-refractivity contribution in [1.82, 2.24) is 0 Å². The first kappa shape index (κ1) is 23.2. The van der Waals surface area contributed by atoms with E-state index in [0.29, 0.717) is 24.7 Å². The molecule has 3 aromatic rings. The summed E-state index contributed by atoms with van der Waals surface area (Å²) in [6, 6.07) is 26.0. The molecule has 0 radical (unpaired) electrons. The van der Waals surface area contributed by atoms with Crippen LogP contribution in [-0.4, -0.2) is 18.3 Å². The number of rotatable bonds is 8. The minimum absolute atomic E-state index is 0.436. The normalized spacial score (nSPS) is 16.4. The van der Waals surface area contributed by atoms with Gasteiger partial charge in [0, 0.05) is 6.07 Å². The van der Waals surface area contributed by atoms with Gasteiger partial charge in [0.2, 0.25) is 0 Å². The fraction of sp³-hybridized carbons (Fsp3) is 0.286. The molecule has 170 valence electrons. The highest BCUT2D eigenvalue weighted by molar-refractivity contribution is 6.68. The average Bonchev–Trinajstić information content (AvgIpc) is 3.04. The van der Waals surface area contributed by atoms with Crippen LogP contribution < -0.4 is 9.47 Å². The summed E-state index contributed by atoms with van der Waals surface area (Å²) in [6.07, 6.45) is 0. The molecule has 0 N–H and O–H groups in total. The summed E-state index contributed by atoms with van der Waals surface area (Å²) in [5.41, 5.74) is 2.92. The SMILES string of the molecule is C=C(B1OC(C)(C)C(C)(C)O1)c1cc(OCc2ccccc2)cc(OCc2ccccc2)c1. The maximum atomic E-state index is 6.22. The second-order valence-corrected chi connectivity index (χ2v) is 9.36. The van der Waals surface area contributed by atoms with Gasteiger partial charge in [-0.05, 0) is 62.0 Å². The van der Waals surface area contributed by atoms with E-state index in [1.807, 2.05) is 107 Å². The lowest BCUT2D eigenvalue weighted by molar-refractivity contribution is 0.00578. The molecule has 4 nitrogen and oxygen atoms in total. The molecule has 0 unspecified atom stereocenters. The van der Waals surface area contributed by atoms with Crippen molar-refractivity contribution in [3.8, 4) is 11.5 Å². The third kappa shape index (κ3) is 5.49. The lowest BCUT2D eigenvalue weighted by Gasteiger charge is -2.32. The number of hydrogen-bond donors (Lipinski definition) is 0. The molecule has 0 aliphatic carbocycles. The Morgan fingerprint density at radius 1 is 0.727 bits per heavy atom. The summed E-state index contributed by atoms with van der Waals surface area (Å²) < 4.78 is 24.7. The second kappa shape index (κ2) is 9.46. The van der Waals surface area contributed by atoms with E-state index < -0.39 is 18.3 Å². The average molecular weight is 442 g/mol. The van der Waals surface area contributed by atoms with Crippen molar-refractivity contribution in [3.63, 3.8) is 0 Å². The van der Waals surface area contributed by atoms with Gasteiger partial charge in [0.1, 0.15) is 24.7 Å². The van der Waals surface area contributed by atoms with E-state index in [9.17, 15) is 0 Å². The summed E-state index contributed by atoms with van der Waals surface area (Å²) in [5, 5.41) is 0. The Bertz CT molecular complexity index is 1020. The first-order chi connectivity index (χ1) is 15.7. The van der Waals surface area contributed by atoms with E-state index in [0.717, 1.165) is 22.2 Å². The van der Waals surface area contributed by atoms with Crippen molar-refractivity contribution >= 4 is 12.6 Å². The van der Waals surface area contributed by atoms with Crippen molar-refractivity contribution in [2.45, 2.75) is 52.1 Å². The van der Waals surface area contributed by atoms with Gasteiger partial charge < -0.3 is 18.8 Å². The largest absolute Gasteiger partial charge is 0.494 e. The fourth-order valence-electron chi connectivity index (χ4n) is 3.53. The molecule has 1 heterocycles. The van der Waals surface area contributed by atoms with Gasteiger partial charge in [-0.1, -0.05) is 67.2 Å². The van der Waals surface area contributed by atoms with Gasteiger partial charge >= 0.3 is 7.12 Å². The molecular formula is C28H31BO4. The van der Waals surface area contributed by atoms with Crippen LogP contribution in [-0.2, 0) is 22.5 Å². The van der Waals surface area contributed by atoms with E-state index in [2.05, 4.69) is 6.58 Å². The Labute approximate surface area is 197 Å². The summed E-state index contributed by atoms with van der Waals surface area (Å²) in [5.74, 6) is 1.41. The standard InChI is InChI=1S/C28H31BO4/c1-21(29-32-27(2,3)28(4,5)33-29)24-16-25(30-19-22-12-8-6-9-13-22)18-26(17-24)31-20-23-14-10-7-11-15-23/h6-18H,1,19-20H2,2-5H3. The smallest absolute Gasteiger partial charge is 0.489 e. The van der Waals surface area contributed by atoms with Crippen molar-refractivity contribution in [1.29, 1.82) is 0 Å². The number of benzene rings is 3. The van der Waals surface area contributed by atoms with Crippen LogP contribution in [0, 0.1) is 0 Å². The van der Waals surface area contributed by atoms with Crippen LogP contribution in [0.1, 0.15) is 44.4 Å². The Balaban J connectivity index is 1.57. The first-order valence-electron chi connectivity index (χ1n) is 11.3. The van der Waals surface area contributed by atoms with Crippen LogP contribution in [0.5, 0.6) is 11.5 Å². The molecule has 3 aromatic carbocycles. The minimum atomic E-state index is -0.540. The topological polar surface area (TPSA) is 36.9 Å². The summed E-state index contributed by atoms with van der Waals surface area (Å²) >= 11 is 0. The molecule has 33 heavy (non-hydrogen) atoms. The van der Waals surface area contributed by atoms with Gasteiger partial charge in [-0.3, -0.25) is 0 Å². The lowest BCUT2D eigenvalue weighted by atomic mass is 9.75. The van der Waals surface area contributed by atoms with Crippen LogP contribution in [0.4, 0.5) is 0 Å². The van der Waals surface area contributed by atoms with Crippen LogP contribution in [0.3, 0.4) is 0 Å². The summed E-state index contributed by atoms with van der Waals surface area (Å²) in [7, 11) is -0.540. The quantitative estimate of drug-likeness (QED) is 0.374. The Morgan fingerprint density at radius 3 is 1.58 bits per heavy atom. The van der Waals surface area contributed by atoms with E-state index in [1.54, 1.807) is 0 Å². The molecule has 0 saturated carbocycles. The molecule has 5 heteroatoms. The molecule has 0 atom stereocenters. The maximum Gasteiger partial charge on any atom is 0.494 e. The summed E-state index contributed by atoms with van der Waals surface area (Å²) in [4.78, 5) is 0. The van der Waals surface area contributed by atoms with Crippen LogP contribution in [0.2, 0.25) is 0 Å². The third-order valence-corrected chi connectivity index (χ3v) is 6.29. The van der Waals surface area contributed by atoms with Gasteiger partial charge in [-0.2, -0.15) is 0 Å². The molecule has 4 rings (SSSR count). The Hall–Kier alpha value is -3.02. The molecule has 1 aliphatic rings. The fourth-order valence-corrected chi connectivity index (χ4v) is 3.53. The zero-order valence-corrected chi connectivity index (χ0v) is 19.8. The van der Waals surface area contributed by atoms with E-state index in [-0.39, 0.29) is 0 Å². The first-order valence-corrected chi connectivity index (χ1v) is 11.3. The highest BCUT2D eigenvalue weighted by atomic mass is 16.7. The van der Waals surface area contributed by atoms with Crippen LogP contribution >= 0.6 is 0 Å². The number of hydrogen-bond acceptors (Lipinski definition) is 4. The van der Waals surface area contributed by atoms with Gasteiger partial charge in [-0.25, -0.2) is 0 Å². The van der Waals surface area contributed by atoms with Crippen molar-refractivity contribution in [2.24, 2.45) is 0 Å². The second-order valence-electron chi connectivity index (χ2n) is 9.36.